The number of amides is 4. The summed E-state index contributed by atoms with van der Waals surface area (Å²) >= 11 is 0. The standard InChI is InChI=1S/C45H56N6O9/c1-42(2,3)59-37(54)25-24-34(38(55)47-28-36(52)53)48-40(57)44(7,8)50-39(56)35(49-41(58)60-43(4,5)6)26-33-27-46-29-51(33)45(30-18-12-9-13-19-30,31-20-14-10-15-21-31)32-22-16-11-17-23-32/h9-23,27,29,34-35H,24-26,28H2,1-8H3,(H,47,55)(H,48,57)(H,49,58)(H,50,56)(H,52,53)/t34-,35?/m1/s1. The third-order valence-corrected chi connectivity index (χ3v) is 9.17. The molecule has 3 aromatic carbocycles. The SMILES string of the molecule is CC(C)(C)OC(=O)CC[C@@H](NC(=O)C(C)(C)NC(=O)C(Cc1cncn1C(c1ccccc1)(c1ccccc1)c1ccccc1)NC(=O)OC(C)(C)C)C(=O)NCC(=O)O. The van der Waals surface area contributed by atoms with Crippen LogP contribution in [-0.4, -0.2) is 85.8 Å². The highest BCUT2D eigenvalue weighted by atomic mass is 16.6. The first kappa shape index (κ1) is 46.2. The Morgan fingerprint density at radius 1 is 0.683 bits per heavy atom. The summed E-state index contributed by atoms with van der Waals surface area (Å²) in [7, 11) is 0. The third-order valence-electron chi connectivity index (χ3n) is 9.17. The molecule has 320 valence electrons. The molecule has 0 bridgehead atoms. The van der Waals surface area contributed by atoms with E-state index >= 15 is 0 Å². The van der Waals surface area contributed by atoms with Gasteiger partial charge in [0.25, 0.3) is 0 Å². The predicted octanol–water partition coefficient (Wildman–Crippen LogP) is 4.86. The Kier molecular flexibility index (Phi) is 15.0. The number of hydrogen-bond donors (Lipinski definition) is 5. The lowest BCUT2D eigenvalue weighted by Crippen LogP contribution is -2.62. The van der Waals surface area contributed by atoms with Gasteiger partial charge < -0.3 is 40.4 Å². The first-order valence-electron chi connectivity index (χ1n) is 19.6. The minimum atomic E-state index is -1.72. The molecule has 15 nitrogen and oxygen atoms in total. The van der Waals surface area contributed by atoms with Crippen LogP contribution < -0.4 is 21.3 Å². The number of carbonyl (C=O) groups is 6. The largest absolute Gasteiger partial charge is 0.480 e. The van der Waals surface area contributed by atoms with E-state index in [0.29, 0.717) is 5.69 Å². The number of benzene rings is 3. The summed E-state index contributed by atoms with van der Waals surface area (Å²) in [4.78, 5) is 83.0. The summed E-state index contributed by atoms with van der Waals surface area (Å²) in [5.74, 6) is -4.39. The lowest BCUT2D eigenvalue weighted by atomic mass is 9.76. The van der Waals surface area contributed by atoms with E-state index in [1.165, 1.54) is 13.8 Å². The van der Waals surface area contributed by atoms with Gasteiger partial charge in [0, 0.05) is 24.7 Å². The molecule has 60 heavy (non-hydrogen) atoms. The smallest absolute Gasteiger partial charge is 0.408 e. The van der Waals surface area contributed by atoms with Crippen LogP contribution in [0.2, 0.25) is 0 Å². The van der Waals surface area contributed by atoms with E-state index in [4.69, 9.17) is 14.6 Å². The topological polar surface area (TPSA) is 207 Å². The Balaban J connectivity index is 1.72. The normalized spacial score (nSPS) is 12.9. The number of ether oxygens (including phenoxy) is 2. The molecule has 0 saturated carbocycles. The van der Waals surface area contributed by atoms with Crippen LogP contribution in [0, 0.1) is 0 Å². The molecule has 0 saturated heterocycles. The van der Waals surface area contributed by atoms with Gasteiger partial charge >= 0.3 is 18.0 Å². The Labute approximate surface area is 350 Å². The van der Waals surface area contributed by atoms with Gasteiger partial charge in [-0.25, -0.2) is 9.78 Å². The number of nitrogens with zero attached hydrogens (tertiary/aromatic N) is 2. The van der Waals surface area contributed by atoms with Crippen molar-refractivity contribution in [2.75, 3.05) is 6.54 Å². The molecule has 1 heterocycles. The van der Waals surface area contributed by atoms with E-state index in [9.17, 15) is 28.8 Å². The molecule has 0 aliphatic heterocycles. The van der Waals surface area contributed by atoms with Crippen LogP contribution in [-0.2, 0) is 45.4 Å². The zero-order valence-electron chi connectivity index (χ0n) is 35.4. The summed E-state index contributed by atoms with van der Waals surface area (Å²) in [5, 5.41) is 19.3. The number of aliphatic carboxylic acids is 1. The van der Waals surface area contributed by atoms with Crippen molar-refractivity contribution in [3.63, 3.8) is 0 Å². The molecule has 0 radical (unpaired) electrons. The fourth-order valence-electron chi connectivity index (χ4n) is 6.60. The zero-order chi connectivity index (χ0) is 44.3. The average molecular weight is 825 g/mol. The molecule has 4 rings (SSSR count). The lowest BCUT2D eigenvalue weighted by Gasteiger charge is -2.39. The van der Waals surface area contributed by atoms with Crippen LogP contribution in [0.3, 0.4) is 0 Å². The summed E-state index contributed by atoms with van der Waals surface area (Å²) in [6.45, 7) is 12.2. The van der Waals surface area contributed by atoms with E-state index in [-0.39, 0.29) is 19.3 Å². The number of carboxylic acid groups (broad SMARTS) is 1. The van der Waals surface area contributed by atoms with Gasteiger partial charge in [-0.05, 0) is 78.5 Å². The van der Waals surface area contributed by atoms with E-state index < -0.39 is 76.7 Å². The van der Waals surface area contributed by atoms with Gasteiger partial charge in [-0.1, -0.05) is 91.0 Å². The predicted molar refractivity (Wildman–Crippen MR) is 224 cm³/mol. The maximum atomic E-state index is 14.4. The summed E-state index contributed by atoms with van der Waals surface area (Å²) in [6.07, 6.45) is 1.79. The van der Waals surface area contributed by atoms with Gasteiger partial charge in [0.2, 0.25) is 17.7 Å². The number of carbonyl (C=O) groups excluding carboxylic acids is 5. The Bertz CT molecular complexity index is 2010. The molecule has 0 aliphatic rings. The quantitative estimate of drug-likeness (QED) is 0.0722. The minimum absolute atomic E-state index is 0.118. The molecule has 1 unspecified atom stereocenters. The monoisotopic (exact) mass is 824 g/mol. The first-order valence-corrected chi connectivity index (χ1v) is 19.6. The van der Waals surface area contributed by atoms with E-state index in [0.717, 1.165) is 16.7 Å². The van der Waals surface area contributed by atoms with Crippen molar-refractivity contribution in [1.82, 2.24) is 30.8 Å². The second-order valence-corrected chi connectivity index (χ2v) is 16.8. The molecule has 0 fully saturated rings. The Morgan fingerprint density at radius 2 is 1.18 bits per heavy atom. The van der Waals surface area contributed by atoms with Crippen LogP contribution in [0.1, 0.15) is 90.6 Å². The van der Waals surface area contributed by atoms with E-state index in [1.54, 1.807) is 54.1 Å². The second-order valence-electron chi connectivity index (χ2n) is 16.8. The van der Waals surface area contributed by atoms with Crippen LogP contribution >= 0.6 is 0 Å². The van der Waals surface area contributed by atoms with Crippen molar-refractivity contribution < 1.29 is 43.3 Å². The minimum Gasteiger partial charge on any atom is -0.480 e. The number of nitrogens with one attached hydrogen (secondary N) is 4. The Hall–Kier alpha value is -6.51. The molecule has 0 spiro atoms. The zero-order valence-corrected chi connectivity index (χ0v) is 35.4. The molecule has 0 aliphatic carbocycles. The second kappa shape index (κ2) is 19.5. The maximum absolute atomic E-state index is 14.4. The van der Waals surface area contributed by atoms with Crippen LogP contribution in [0.5, 0.6) is 0 Å². The van der Waals surface area contributed by atoms with Crippen molar-refractivity contribution in [2.45, 2.75) is 109 Å². The fourth-order valence-corrected chi connectivity index (χ4v) is 6.60. The molecule has 4 aromatic rings. The van der Waals surface area contributed by atoms with Crippen molar-refractivity contribution in [3.8, 4) is 0 Å². The number of esters is 1. The van der Waals surface area contributed by atoms with Crippen molar-refractivity contribution in [2.24, 2.45) is 0 Å². The van der Waals surface area contributed by atoms with Gasteiger partial charge in [0.1, 0.15) is 40.9 Å². The number of hydrogen-bond acceptors (Lipinski definition) is 9. The van der Waals surface area contributed by atoms with Gasteiger partial charge in [-0.15, -0.1) is 0 Å². The fraction of sp³-hybridized carbons (Fsp3) is 0.400. The molecular weight excluding hydrogens is 769 g/mol. The number of aromatic nitrogens is 2. The summed E-state index contributed by atoms with van der Waals surface area (Å²) in [5.41, 5.74) is -1.20. The molecule has 5 N–H and O–H groups in total. The molecular formula is C45H56N6O9. The number of alkyl carbamates (subject to hydrolysis) is 1. The number of carboxylic acids is 1. The number of imidazole rings is 1. The highest BCUT2D eigenvalue weighted by Gasteiger charge is 2.41. The third kappa shape index (κ3) is 12.5. The van der Waals surface area contributed by atoms with E-state index in [1.807, 2.05) is 95.6 Å². The Morgan fingerprint density at radius 3 is 1.65 bits per heavy atom. The number of rotatable bonds is 17. The van der Waals surface area contributed by atoms with Crippen LogP contribution in [0.25, 0.3) is 0 Å². The van der Waals surface area contributed by atoms with Gasteiger partial charge in [0.15, 0.2) is 0 Å². The van der Waals surface area contributed by atoms with Crippen LogP contribution in [0.4, 0.5) is 4.79 Å². The highest BCUT2D eigenvalue weighted by Crippen LogP contribution is 2.41. The summed E-state index contributed by atoms with van der Waals surface area (Å²) < 4.78 is 12.9. The van der Waals surface area contributed by atoms with Crippen LogP contribution in [0.15, 0.2) is 104 Å². The molecule has 15 heteroatoms. The maximum Gasteiger partial charge on any atom is 0.408 e. The highest BCUT2D eigenvalue weighted by molar-refractivity contribution is 5.96. The van der Waals surface area contributed by atoms with Gasteiger partial charge in [-0.2, -0.15) is 0 Å². The molecule has 2 atom stereocenters. The van der Waals surface area contributed by atoms with Gasteiger partial charge in [0.05, 0.1) is 6.33 Å². The van der Waals surface area contributed by atoms with E-state index in [2.05, 4.69) is 26.3 Å². The first-order chi connectivity index (χ1) is 28.1. The molecule has 4 amide bonds. The van der Waals surface area contributed by atoms with Crippen molar-refractivity contribution in [1.29, 1.82) is 0 Å². The van der Waals surface area contributed by atoms with Crippen molar-refractivity contribution in [3.05, 3.63) is 126 Å². The van der Waals surface area contributed by atoms with Crippen molar-refractivity contribution >= 4 is 35.8 Å². The summed E-state index contributed by atoms with van der Waals surface area (Å²) in [6, 6.07) is 26.8. The average Bonchev–Trinajstić information content (AvgIpc) is 3.63. The molecule has 1 aromatic heterocycles. The van der Waals surface area contributed by atoms with Gasteiger partial charge in [-0.3, -0.25) is 24.0 Å². The lowest BCUT2D eigenvalue weighted by molar-refractivity contribution is -0.155.